The van der Waals surface area contributed by atoms with Crippen molar-refractivity contribution < 1.29 is 36.6 Å². The average Bonchev–Trinajstić information content (AvgIpc) is 2.61. The molecule has 1 saturated carbocycles. The lowest BCUT2D eigenvalue weighted by molar-refractivity contribution is -0.147. The Balaban J connectivity index is 2.40. The molecule has 9 heteroatoms. The topological polar surface area (TPSA) is 68.6 Å². The van der Waals surface area contributed by atoms with Gasteiger partial charge in [0.25, 0.3) is 0 Å². The fourth-order valence-electron chi connectivity index (χ4n) is 3.26. The van der Waals surface area contributed by atoms with Crippen molar-refractivity contribution in [1.82, 2.24) is 0 Å². The molecule has 0 heterocycles. The molecule has 2 unspecified atom stereocenters. The molecule has 142 valence electrons. The number of esters is 1. The van der Waals surface area contributed by atoms with E-state index in [9.17, 15) is 27.6 Å². The quantitative estimate of drug-likeness (QED) is 0.555. The fourth-order valence-corrected chi connectivity index (χ4v) is 3.26. The summed E-state index contributed by atoms with van der Waals surface area (Å²) in [6.45, 7) is -6.47. The summed E-state index contributed by atoms with van der Waals surface area (Å²) in [5.41, 5.74) is -0.841. The molecule has 0 spiro atoms. The Kier molecular flexibility index (Phi) is 6.29. The second-order valence-corrected chi connectivity index (χ2v) is 5.93. The Morgan fingerprint density at radius 1 is 1.23 bits per heavy atom. The molecule has 5 nitrogen and oxygen atoms in total. The maximum Gasteiger partial charge on any atom is 0.387 e. The Labute approximate surface area is 147 Å². The summed E-state index contributed by atoms with van der Waals surface area (Å²) in [6.07, 6.45) is 1.62. The van der Waals surface area contributed by atoms with E-state index in [-0.39, 0.29) is 6.42 Å². The molecule has 0 saturated heterocycles. The third-order valence-electron chi connectivity index (χ3n) is 4.43. The standard InChI is InChI=1S/C17H17F4NO4/c1-24-14(23)10-3-2-6-17(8-10,9-22)11-4-5-12(25-15(18)19)13(7-11)26-16(20)21/h4-5,7,10,15-16H,2-3,6,8H2,1H3. The molecule has 1 aromatic rings. The highest BCUT2D eigenvalue weighted by Gasteiger charge is 2.41. The largest absolute Gasteiger partial charge is 0.469 e. The fraction of sp³-hybridized carbons (Fsp3) is 0.529. The van der Waals surface area contributed by atoms with E-state index in [4.69, 9.17) is 4.74 Å². The number of carbonyl (C=O) groups excluding carboxylic acids is 1. The normalized spacial score (nSPS) is 22.8. The third-order valence-corrected chi connectivity index (χ3v) is 4.43. The van der Waals surface area contributed by atoms with Crippen LogP contribution in [0.1, 0.15) is 31.2 Å². The van der Waals surface area contributed by atoms with Gasteiger partial charge in [0.05, 0.1) is 24.5 Å². The molecule has 26 heavy (non-hydrogen) atoms. The van der Waals surface area contributed by atoms with Gasteiger partial charge in [-0.2, -0.15) is 22.8 Å². The van der Waals surface area contributed by atoms with E-state index >= 15 is 0 Å². The van der Waals surface area contributed by atoms with Gasteiger partial charge < -0.3 is 14.2 Å². The monoisotopic (exact) mass is 375 g/mol. The summed E-state index contributed by atoms with van der Waals surface area (Å²) in [5.74, 6) is -2.11. The summed E-state index contributed by atoms with van der Waals surface area (Å²) in [4.78, 5) is 11.8. The van der Waals surface area contributed by atoms with Crippen molar-refractivity contribution >= 4 is 5.97 Å². The highest BCUT2D eigenvalue weighted by atomic mass is 19.3. The Morgan fingerprint density at radius 2 is 1.88 bits per heavy atom. The predicted octanol–water partition coefficient (Wildman–Crippen LogP) is 4.01. The molecule has 0 aromatic heterocycles. The second-order valence-electron chi connectivity index (χ2n) is 5.93. The van der Waals surface area contributed by atoms with Crippen molar-refractivity contribution in [2.45, 2.75) is 44.3 Å². The van der Waals surface area contributed by atoms with Crippen LogP contribution in [0.3, 0.4) is 0 Å². The first-order valence-corrected chi connectivity index (χ1v) is 7.84. The average molecular weight is 375 g/mol. The van der Waals surface area contributed by atoms with Gasteiger partial charge in [0.1, 0.15) is 0 Å². The van der Waals surface area contributed by atoms with E-state index in [1.54, 1.807) is 0 Å². The first kappa shape index (κ1) is 19.8. The zero-order valence-corrected chi connectivity index (χ0v) is 13.9. The number of ether oxygens (including phenoxy) is 3. The van der Waals surface area contributed by atoms with Gasteiger partial charge in [-0.05, 0) is 37.0 Å². The van der Waals surface area contributed by atoms with Gasteiger partial charge in [-0.25, -0.2) is 0 Å². The first-order valence-electron chi connectivity index (χ1n) is 7.84. The molecule has 1 aromatic carbocycles. The molecular formula is C17H17F4NO4. The molecule has 1 aliphatic rings. The molecule has 1 aliphatic carbocycles. The van der Waals surface area contributed by atoms with Crippen LogP contribution in [0.15, 0.2) is 18.2 Å². The maximum absolute atomic E-state index is 12.6. The van der Waals surface area contributed by atoms with Gasteiger partial charge in [-0.3, -0.25) is 4.79 Å². The van der Waals surface area contributed by atoms with E-state index in [1.165, 1.54) is 13.2 Å². The minimum Gasteiger partial charge on any atom is -0.469 e. The number of hydrogen-bond acceptors (Lipinski definition) is 5. The van der Waals surface area contributed by atoms with Crippen LogP contribution in [0.5, 0.6) is 11.5 Å². The molecule has 0 aliphatic heterocycles. The molecule has 0 N–H and O–H groups in total. The minimum atomic E-state index is -3.25. The molecule has 2 rings (SSSR count). The Morgan fingerprint density at radius 3 is 2.46 bits per heavy atom. The Hall–Kier alpha value is -2.50. The van der Waals surface area contributed by atoms with Crippen molar-refractivity contribution in [3.05, 3.63) is 23.8 Å². The van der Waals surface area contributed by atoms with Crippen molar-refractivity contribution in [3.63, 3.8) is 0 Å². The lowest BCUT2D eigenvalue weighted by atomic mass is 9.66. The molecular weight excluding hydrogens is 358 g/mol. The zero-order chi connectivity index (χ0) is 19.3. The number of carbonyl (C=O) groups is 1. The van der Waals surface area contributed by atoms with Crippen molar-refractivity contribution in [1.29, 1.82) is 5.26 Å². The summed E-state index contributed by atoms with van der Waals surface area (Å²) in [6, 6.07) is 5.64. The third kappa shape index (κ3) is 4.36. The van der Waals surface area contributed by atoms with Crippen LogP contribution >= 0.6 is 0 Å². The van der Waals surface area contributed by atoms with Crippen LogP contribution in [0.2, 0.25) is 0 Å². The lowest BCUT2D eigenvalue weighted by Gasteiger charge is -2.35. The summed E-state index contributed by atoms with van der Waals surface area (Å²) in [7, 11) is 1.25. The summed E-state index contributed by atoms with van der Waals surface area (Å²) < 4.78 is 63.3. The van der Waals surface area contributed by atoms with Crippen LogP contribution < -0.4 is 9.47 Å². The van der Waals surface area contributed by atoms with Crippen LogP contribution in [-0.2, 0) is 14.9 Å². The number of hydrogen-bond donors (Lipinski definition) is 0. The molecule has 0 amide bonds. The number of halogens is 4. The van der Waals surface area contributed by atoms with E-state index in [2.05, 4.69) is 15.5 Å². The van der Waals surface area contributed by atoms with E-state index in [0.29, 0.717) is 24.8 Å². The Bertz CT molecular complexity index is 692. The van der Waals surface area contributed by atoms with Crippen LogP contribution in [0, 0.1) is 17.2 Å². The number of nitriles is 1. The highest BCUT2D eigenvalue weighted by Crippen LogP contribution is 2.44. The lowest BCUT2D eigenvalue weighted by Crippen LogP contribution is -2.35. The number of nitrogens with zero attached hydrogens (tertiary/aromatic N) is 1. The number of rotatable bonds is 6. The van der Waals surface area contributed by atoms with Crippen LogP contribution in [-0.4, -0.2) is 26.3 Å². The molecule has 0 radical (unpaired) electrons. The second kappa shape index (κ2) is 8.25. The van der Waals surface area contributed by atoms with Crippen molar-refractivity contribution in [3.8, 4) is 17.6 Å². The molecule has 0 bridgehead atoms. The van der Waals surface area contributed by atoms with E-state index in [1.807, 2.05) is 0 Å². The van der Waals surface area contributed by atoms with Gasteiger partial charge in [0.15, 0.2) is 11.5 Å². The van der Waals surface area contributed by atoms with E-state index in [0.717, 1.165) is 12.1 Å². The zero-order valence-electron chi connectivity index (χ0n) is 13.9. The van der Waals surface area contributed by atoms with E-state index < -0.39 is 42.0 Å². The highest BCUT2D eigenvalue weighted by molar-refractivity contribution is 5.73. The summed E-state index contributed by atoms with van der Waals surface area (Å²) >= 11 is 0. The van der Waals surface area contributed by atoms with Gasteiger partial charge in [-0.1, -0.05) is 12.5 Å². The number of benzene rings is 1. The number of alkyl halides is 4. The minimum absolute atomic E-state index is 0.138. The van der Waals surface area contributed by atoms with Crippen LogP contribution in [0.4, 0.5) is 17.6 Å². The van der Waals surface area contributed by atoms with Gasteiger partial charge in [-0.15, -0.1) is 0 Å². The van der Waals surface area contributed by atoms with Gasteiger partial charge in [0, 0.05) is 0 Å². The van der Waals surface area contributed by atoms with Crippen molar-refractivity contribution in [2.24, 2.45) is 5.92 Å². The van der Waals surface area contributed by atoms with Crippen LogP contribution in [0.25, 0.3) is 0 Å². The van der Waals surface area contributed by atoms with Crippen molar-refractivity contribution in [2.75, 3.05) is 7.11 Å². The van der Waals surface area contributed by atoms with Gasteiger partial charge >= 0.3 is 19.2 Å². The molecule has 1 fully saturated rings. The first-order chi connectivity index (χ1) is 12.3. The smallest absolute Gasteiger partial charge is 0.387 e. The SMILES string of the molecule is COC(=O)C1CCCC(C#N)(c2ccc(OC(F)F)c(OC(F)F)c2)C1. The predicted molar refractivity (Wildman–Crippen MR) is 81.0 cm³/mol. The number of methoxy groups -OCH3 is 1. The maximum atomic E-state index is 12.6. The molecule has 2 atom stereocenters. The summed E-state index contributed by atoms with van der Waals surface area (Å²) in [5, 5.41) is 9.71. The van der Waals surface area contributed by atoms with Gasteiger partial charge in [0.2, 0.25) is 0 Å².